The van der Waals surface area contributed by atoms with E-state index in [9.17, 15) is 0 Å². The number of hydrogen-bond donors (Lipinski definition) is 0. The van der Waals surface area contributed by atoms with Crippen molar-refractivity contribution in [1.82, 2.24) is 24.9 Å². The Balaban J connectivity index is 1.30. The molecule has 3 aromatic heterocycles. The first-order valence-electron chi connectivity index (χ1n) is 9.68. The molecule has 0 N–H and O–H groups in total. The Morgan fingerprint density at radius 3 is 3.00 bits per heavy atom. The van der Waals surface area contributed by atoms with E-state index in [1.54, 1.807) is 11.8 Å². The van der Waals surface area contributed by atoms with E-state index in [1.165, 1.54) is 53.8 Å². The number of thioether (sulfide) groups is 1. The molecule has 1 unspecified atom stereocenters. The van der Waals surface area contributed by atoms with Crippen molar-refractivity contribution in [3.63, 3.8) is 0 Å². The van der Waals surface area contributed by atoms with Gasteiger partial charge in [-0.25, -0.2) is 0 Å². The first kappa shape index (κ1) is 17.4. The van der Waals surface area contributed by atoms with Gasteiger partial charge in [-0.05, 0) is 49.7 Å². The molecule has 0 aliphatic heterocycles. The summed E-state index contributed by atoms with van der Waals surface area (Å²) in [6.45, 7) is 2.30. The second kappa shape index (κ2) is 7.05. The lowest BCUT2D eigenvalue weighted by Crippen LogP contribution is -2.10. The molecular formula is C19H23N5OS2. The molecule has 3 aromatic rings. The van der Waals surface area contributed by atoms with E-state index >= 15 is 0 Å². The molecule has 0 radical (unpaired) electrons. The average molecular weight is 402 g/mol. The number of thiophene rings is 1. The van der Waals surface area contributed by atoms with Crippen LogP contribution in [0.5, 0.6) is 0 Å². The van der Waals surface area contributed by atoms with Crippen LogP contribution >= 0.6 is 23.1 Å². The predicted molar refractivity (Wildman–Crippen MR) is 106 cm³/mol. The van der Waals surface area contributed by atoms with Crippen molar-refractivity contribution >= 4 is 23.1 Å². The van der Waals surface area contributed by atoms with Crippen LogP contribution < -0.4 is 0 Å². The van der Waals surface area contributed by atoms with Gasteiger partial charge < -0.3 is 9.09 Å². The molecule has 1 atom stereocenters. The molecule has 0 amide bonds. The largest absolute Gasteiger partial charge is 0.339 e. The quantitative estimate of drug-likeness (QED) is 0.562. The molecule has 0 aromatic carbocycles. The summed E-state index contributed by atoms with van der Waals surface area (Å²) in [5, 5.41) is 13.8. The van der Waals surface area contributed by atoms with Gasteiger partial charge in [0.25, 0.3) is 0 Å². The minimum atomic E-state index is 0.495. The first-order chi connectivity index (χ1) is 13.2. The van der Waals surface area contributed by atoms with Crippen molar-refractivity contribution in [2.75, 3.05) is 0 Å². The van der Waals surface area contributed by atoms with Gasteiger partial charge in [0.15, 0.2) is 16.8 Å². The van der Waals surface area contributed by atoms with Crippen LogP contribution in [-0.4, -0.2) is 24.9 Å². The number of fused-ring (bicyclic) bond motifs is 1. The van der Waals surface area contributed by atoms with Crippen LogP contribution in [0, 0.1) is 5.92 Å². The highest BCUT2D eigenvalue weighted by Gasteiger charge is 2.29. The van der Waals surface area contributed by atoms with Gasteiger partial charge in [0, 0.05) is 17.8 Å². The van der Waals surface area contributed by atoms with Gasteiger partial charge in [0.1, 0.15) is 0 Å². The maximum absolute atomic E-state index is 5.33. The highest BCUT2D eigenvalue weighted by atomic mass is 32.2. The maximum atomic E-state index is 5.33. The average Bonchev–Trinajstić information content (AvgIpc) is 3.12. The fourth-order valence-electron chi connectivity index (χ4n) is 3.66. The molecular weight excluding hydrogens is 378 g/mol. The van der Waals surface area contributed by atoms with E-state index in [4.69, 9.17) is 4.52 Å². The van der Waals surface area contributed by atoms with Gasteiger partial charge in [-0.2, -0.15) is 4.98 Å². The number of nitrogens with zero attached hydrogens (tertiary/aromatic N) is 5. The molecule has 1 saturated carbocycles. The van der Waals surface area contributed by atoms with Crippen molar-refractivity contribution in [2.24, 2.45) is 13.0 Å². The molecule has 8 heteroatoms. The van der Waals surface area contributed by atoms with E-state index < -0.39 is 0 Å². The van der Waals surface area contributed by atoms with Gasteiger partial charge in [-0.3, -0.25) is 0 Å². The van der Waals surface area contributed by atoms with E-state index in [0.29, 0.717) is 11.7 Å². The number of hydrogen-bond acceptors (Lipinski definition) is 7. The summed E-state index contributed by atoms with van der Waals surface area (Å²) in [6, 6.07) is 2.33. The topological polar surface area (TPSA) is 69.6 Å². The fourth-order valence-corrected chi connectivity index (χ4v) is 5.65. The van der Waals surface area contributed by atoms with Crippen LogP contribution in [0.4, 0.5) is 0 Å². The Bertz CT molecular complexity index is 955. The molecule has 3 heterocycles. The zero-order valence-electron chi connectivity index (χ0n) is 15.6. The third kappa shape index (κ3) is 3.45. The maximum Gasteiger partial charge on any atom is 0.229 e. The van der Waals surface area contributed by atoms with Gasteiger partial charge in [-0.15, -0.1) is 21.5 Å². The van der Waals surface area contributed by atoms with Crippen LogP contribution in [0.15, 0.2) is 15.7 Å². The van der Waals surface area contributed by atoms with Crippen molar-refractivity contribution in [1.29, 1.82) is 0 Å². The molecule has 1 fully saturated rings. The zero-order valence-corrected chi connectivity index (χ0v) is 17.3. The molecule has 142 valence electrons. The Morgan fingerprint density at radius 1 is 1.30 bits per heavy atom. The van der Waals surface area contributed by atoms with Crippen LogP contribution in [0.25, 0.3) is 10.7 Å². The second-order valence-electron chi connectivity index (χ2n) is 7.55. The SMILES string of the molecule is CCC1CCc2sc(-c3nnc(SCc4noc(C5CC5)n4)n3C)cc2C1. The van der Waals surface area contributed by atoms with Crippen LogP contribution in [0.2, 0.25) is 0 Å². The lowest BCUT2D eigenvalue weighted by Gasteiger charge is -2.19. The molecule has 6 nitrogen and oxygen atoms in total. The smallest absolute Gasteiger partial charge is 0.229 e. The standard InChI is InChI=1S/C19H23N5OS2/c1-3-11-4-7-14-13(8-11)9-15(27-14)17-21-22-19(24(17)2)26-10-16-20-18(25-23-16)12-5-6-12/h9,11-12H,3-8,10H2,1-2H3. The van der Waals surface area contributed by atoms with Crippen molar-refractivity contribution in [3.05, 3.63) is 28.2 Å². The molecule has 2 aliphatic carbocycles. The highest BCUT2D eigenvalue weighted by Crippen LogP contribution is 2.40. The zero-order chi connectivity index (χ0) is 18.4. The summed E-state index contributed by atoms with van der Waals surface area (Å²) in [7, 11) is 2.04. The Kier molecular flexibility index (Phi) is 4.55. The number of aryl methyl sites for hydroxylation is 1. The van der Waals surface area contributed by atoms with E-state index in [0.717, 1.165) is 28.6 Å². The van der Waals surface area contributed by atoms with Crippen LogP contribution in [-0.2, 0) is 25.6 Å². The highest BCUT2D eigenvalue weighted by molar-refractivity contribution is 7.98. The first-order valence-corrected chi connectivity index (χ1v) is 11.5. The molecule has 5 rings (SSSR count). The van der Waals surface area contributed by atoms with E-state index in [-0.39, 0.29) is 0 Å². The Hall–Kier alpha value is -1.67. The fraction of sp³-hybridized carbons (Fsp3) is 0.579. The molecule has 2 aliphatic rings. The molecule has 0 bridgehead atoms. The molecule has 27 heavy (non-hydrogen) atoms. The predicted octanol–water partition coefficient (Wildman–Crippen LogP) is 4.61. The van der Waals surface area contributed by atoms with Crippen molar-refractivity contribution in [2.45, 2.75) is 62.3 Å². The van der Waals surface area contributed by atoms with E-state index in [1.807, 2.05) is 18.4 Å². The summed E-state index contributed by atoms with van der Waals surface area (Å²) in [5.41, 5.74) is 1.52. The Morgan fingerprint density at radius 2 is 2.19 bits per heavy atom. The third-order valence-corrected chi connectivity index (χ3v) is 7.81. The monoisotopic (exact) mass is 401 g/mol. The van der Waals surface area contributed by atoms with Crippen LogP contribution in [0.1, 0.15) is 60.7 Å². The van der Waals surface area contributed by atoms with E-state index in [2.05, 4.69) is 37.9 Å². The summed E-state index contributed by atoms with van der Waals surface area (Å²) < 4.78 is 7.42. The number of aromatic nitrogens is 5. The van der Waals surface area contributed by atoms with Gasteiger partial charge in [0.05, 0.1) is 10.6 Å². The third-order valence-electron chi connectivity index (χ3n) is 5.56. The normalized spacial score (nSPS) is 19.4. The summed E-state index contributed by atoms with van der Waals surface area (Å²) in [5.74, 6) is 4.47. The lowest BCUT2D eigenvalue weighted by atomic mass is 9.87. The van der Waals surface area contributed by atoms with Crippen molar-refractivity contribution < 1.29 is 4.52 Å². The molecule has 0 saturated heterocycles. The van der Waals surface area contributed by atoms with Gasteiger partial charge in [0.2, 0.25) is 5.89 Å². The Labute approximate surface area is 166 Å². The second-order valence-corrected chi connectivity index (χ2v) is 9.63. The number of rotatable bonds is 6. The lowest BCUT2D eigenvalue weighted by molar-refractivity contribution is 0.375. The van der Waals surface area contributed by atoms with Gasteiger partial charge >= 0.3 is 0 Å². The summed E-state index contributed by atoms with van der Waals surface area (Å²) in [4.78, 5) is 7.25. The van der Waals surface area contributed by atoms with Crippen LogP contribution in [0.3, 0.4) is 0 Å². The minimum absolute atomic E-state index is 0.495. The summed E-state index contributed by atoms with van der Waals surface area (Å²) in [6.07, 6.45) is 7.35. The minimum Gasteiger partial charge on any atom is -0.339 e. The van der Waals surface area contributed by atoms with Gasteiger partial charge in [-0.1, -0.05) is 30.3 Å². The molecule has 0 spiro atoms. The summed E-state index contributed by atoms with van der Waals surface area (Å²) >= 11 is 3.49. The van der Waals surface area contributed by atoms with Crippen molar-refractivity contribution in [3.8, 4) is 10.7 Å².